The molecule has 1 aromatic carbocycles. The van der Waals surface area contributed by atoms with Crippen LogP contribution in [0, 0.1) is 0 Å². The SMILES string of the molecule is COc1ccc2c3c([nH]c2c1)C(C)NC(C(=O)O)C3. The Morgan fingerprint density at radius 1 is 1.47 bits per heavy atom. The molecule has 0 saturated carbocycles. The lowest BCUT2D eigenvalue weighted by molar-refractivity contribution is -0.139. The van der Waals surface area contributed by atoms with Gasteiger partial charge in [0.1, 0.15) is 11.8 Å². The summed E-state index contributed by atoms with van der Waals surface area (Å²) in [5.41, 5.74) is 3.15. The number of aliphatic carboxylic acids is 1. The first-order valence-corrected chi connectivity index (χ1v) is 6.27. The van der Waals surface area contributed by atoms with E-state index in [1.165, 1.54) is 0 Å². The summed E-state index contributed by atoms with van der Waals surface area (Å²) in [6.07, 6.45) is 0.501. The Morgan fingerprint density at radius 3 is 2.95 bits per heavy atom. The predicted octanol–water partition coefficient (Wildman–Crippen LogP) is 1.84. The fourth-order valence-electron chi connectivity index (χ4n) is 2.78. The molecule has 0 saturated heterocycles. The van der Waals surface area contributed by atoms with Crippen molar-refractivity contribution in [2.75, 3.05) is 7.11 Å². The Balaban J connectivity index is 2.13. The zero-order valence-electron chi connectivity index (χ0n) is 10.9. The van der Waals surface area contributed by atoms with Crippen LogP contribution in [0.5, 0.6) is 5.75 Å². The van der Waals surface area contributed by atoms with E-state index < -0.39 is 12.0 Å². The zero-order chi connectivity index (χ0) is 13.6. The summed E-state index contributed by atoms with van der Waals surface area (Å²) in [6, 6.07) is 5.31. The smallest absolute Gasteiger partial charge is 0.321 e. The molecule has 0 radical (unpaired) electrons. The largest absolute Gasteiger partial charge is 0.497 e. The second-order valence-corrected chi connectivity index (χ2v) is 4.91. The number of aromatic amines is 1. The fraction of sp³-hybridized carbons (Fsp3) is 0.357. The van der Waals surface area contributed by atoms with Crippen LogP contribution in [0.25, 0.3) is 10.9 Å². The fourth-order valence-corrected chi connectivity index (χ4v) is 2.78. The molecule has 1 aromatic heterocycles. The number of fused-ring (bicyclic) bond motifs is 3. The maximum atomic E-state index is 11.2. The summed E-state index contributed by atoms with van der Waals surface area (Å²) in [5, 5.41) is 13.4. The molecule has 5 nitrogen and oxygen atoms in total. The lowest BCUT2D eigenvalue weighted by atomic mass is 9.95. The maximum Gasteiger partial charge on any atom is 0.321 e. The molecular weight excluding hydrogens is 244 g/mol. The van der Waals surface area contributed by atoms with E-state index in [-0.39, 0.29) is 6.04 Å². The molecule has 2 unspecified atom stereocenters. The zero-order valence-corrected chi connectivity index (χ0v) is 10.9. The number of hydrogen-bond donors (Lipinski definition) is 3. The number of rotatable bonds is 2. The molecule has 0 fully saturated rings. The van der Waals surface area contributed by atoms with Crippen molar-refractivity contribution in [1.82, 2.24) is 10.3 Å². The van der Waals surface area contributed by atoms with E-state index in [0.717, 1.165) is 27.9 Å². The first kappa shape index (κ1) is 12.0. The number of nitrogens with one attached hydrogen (secondary N) is 2. The van der Waals surface area contributed by atoms with Crippen molar-refractivity contribution in [1.29, 1.82) is 0 Å². The van der Waals surface area contributed by atoms with Crippen LogP contribution in [0.3, 0.4) is 0 Å². The van der Waals surface area contributed by atoms with Gasteiger partial charge in [0.15, 0.2) is 0 Å². The highest BCUT2D eigenvalue weighted by atomic mass is 16.5. The number of methoxy groups -OCH3 is 1. The summed E-state index contributed by atoms with van der Waals surface area (Å²) in [6.45, 7) is 1.97. The van der Waals surface area contributed by atoms with Gasteiger partial charge in [-0.1, -0.05) is 0 Å². The number of H-pyrrole nitrogens is 1. The van der Waals surface area contributed by atoms with Crippen molar-refractivity contribution in [3.8, 4) is 5.75 Å². The highest BCUT2D eigenvalue weighted by Gasteiger charge is 2.30. The Kier molecular flexibility index (Phi) is 2.71. The van der Waals surface area contributed by atoms with Crippen molar-refractivity contribution in [3.05, 3.63) is 29.5 Å². The molecule has 0 bridgehead atoms. The van der Waals surface area contributed by atoms with Crippen LogP contribution < -0.4 is 10.1 Å². The van der Waals surface area contributed by atoms with Gasteiger partial charge in [0.25, 0.3) is 0 Å². The van der Waals surface area contributed by atoms with E-state index in [2.05, 4.69) is 10.3 Å². The number of carbonyl (C=O) groups is 1. The van der Waals surface area contributed by atoms with Crippen molar-refractivity contribution in [2.45, 2.75) is 25.4 Å². The minimum atomic E-state index is -0.805. The van der Waals surface area contributed by atoms with Gasteiger partial charge >= 0.3 is 5.97 Å². The molecule has 0 amide bonds. The Labute approximate surface area is 110 Å². The highest BCUT2D eigenvalue weighted by Crippen LogP contribution is 2.33. The molecule has 3 N–H and O–H groups in total. The highest BCUT2D eigenvalue weighted by molar-refractivity contribution is 5.87. The number of aromatic nitrogens is 1. The van der Waals surface area contributed by atoms with Gasteiger partial charge in [0.2, 0.25) is 0 Å². The van der Waals surface area contributed by atoms with Crippen LogP contribution in [0.4, 0.5) is 0 Å². The van der Waals surface area contributed by atoms with Crippen LogP contribution in [-0.2, 0) is 11.2 Å². The minimum Gasteiger partial charge on any atom is -0.497 e. The summed E-state index contributed by atoms with van der Waals surface area (Å²) in [7, 11) is 1.63. The van der Waals surface area contributed by atoms with E-state index in [9.17, 15) is 9.90 Å². The lowest BCUT2D eigenvalue weighted by Gasteiger charge is -2.26. The minimum absolute atomic E-state index is 0.00300. The van der Waals surface area contributed by atoms with E-state index in [0.29, 0.717) is 6.42 Å². The Hall–Kier alpha value is -2.01. The Bertz CT molecular complexity index is 647. The standard InChI is InChI=1S/C14H16N2O3/c1-7-13-10(6-12(15-7)14(17)18)9-4-3-8(19-2)5-11(9)16-13/h3-5,7,12,15-16H,6H2,1-2H3,(H,17,18). The Morgan fingerprint density at radius 2 is 2.26 bits per heavy atom. The van der Waals surface area contributed by atoms with Crippen molar-refractivity contribution in [3.63, 3.8) is 0 Å². The third-order valence-electron chi connectivity index (χ3n) is 3.74. The van der Waals surface area contributed by atoms with Gasteiger partial charge in [-0.15, -0.1) is 0 Å². The van der Waals surface area contributed by atoms with Gasteiger partial charge in [-0.2, -0.15) is 0 Å². The topological polar surface area (TPSA) is 74.3 Å². The van der Waals surface area contributed by atoms with Crippen LogP contribution in [0.15, 0.2) is 18.2 Å². The van der Waals surface area contributed by atoms with Gasteiger partial charge < -0.3 is 14.8 Å². The molecule has 2 aromatic rings. The molecule has 0 aliphatic carbocycles. The van der Waals surface area contributed by atoms with E-state index >= 15 is 0 Å². The molecule has 1 aliphatic heterocycles. The van der Waals surface area contributed by atoms with Gasteiger partial charge in [0, 0.05) is 35.1 Å². The summed E-state index contributed by atoms with van der Waals surface area (Å²) in [5.74, 6) is -0.0122. The molecule has 5 heteroatoms. The molecule has 0 spiro atoms. The molecule has 19 heavy (non-hydrogen) atoms. The van der Waals surface area contributed by atoms with Crippen molar-refractivity contribution >= 4 is 16.9 Å². The second-order valence-electron chi connectivity index (χ2n) is 4.91. The number of carboxylic acids is 1. The van der Waals surface area contributed by atoms with E-state index in [1.54, 1.807) is 7.11 Å². The number of hydrogen-bond acceptors (Lipinski definition) is 3. The van der Waals surface area contributed by atoms with Gasteiger partial charge in [0.05, 0.1) is 7.11 Å². The second kappa shape index (κ2) is 4.28. The molecule has 1 aliphatic rings. The average molecular weight is 260 g/mol. The molecular formula is C14H16N2O3. The summed E-state index contributed by atoms with van der Waals surface area (Å²) >= 11 is 0. The molecule has 2 atom stereocenters. The van der Waals surface area contributed by atoms with Crippen LogP contribution in [0.2, 0.25) is 0 Å². The first-order chi connectivity index (χ1) is 9.10. The number of carboxylic acid groups (broad SMARTS) is 1. The van der Waals surface area contributed by atoms with E-state index in [1.807, 2.05) is 25.1 Å². The van der Waals surface area contributed by atoms with Gasteiger partial charge in [-0.3, -0.25) is 10.1 Å². The van der Waals surface area contributed by atoms with Crippen molar-refractivity contribution in [2.24, 2.45) is 0 Å². The van der Waals surface area contributed by atoms with E-state index in [4.69, 9.17) is 4.74 Å². The molecule has 100 valence electrons. The van der Waals surface area contributed by atoms with Crippen LogP contribution in [-0.4, -0.2) is 29.2 Å². The third kappa shape index (κ3) is 1.86. The van der Waals surface area contributed by atoms with Gasteiger partial charge in [-0.05, 0) is 24.6 Å². The van der Waals surface area contributed by atoms with Gasteiger partial charge in [-0.25, -0.2) is 0 Å². The maximum absolute atomic E-state index is 11.2. The third-order valence-corrected chi connectivity index (χ3v) is 3.74. The van der Waals surface area contributed by atoms with Crippen molar-refractivity contribution < 1.29 is 14.6 Å². The lowest BCUT2D eigenvalue weighted by Crippen LogP contribution is -2.43. The van der Waals surface area contributed by atoms with Crippen LogP contribution >= 0.6 is 0 Å². The molecule has 3 rings (SSSR count). The first-order valence-electron chi connectivity index (χ1n) is 6.27. The monoisotopic (exact) mass is 260 g/mol. The number of ether oxygens (including phenoxy) is 1. The number of benzene rings is 1. The predicted molar refractivity (Wildman–Crippen MR) is 71.5 cm³/mol. The molecule has 2 heterocycles. The summed E-state index contributed by atoms with van der Waals surface area (Å²) in [4.78, 5) is 14.5. The normalized spacial score (nSPS) is 22.2. The average Bonchev–Trinajstić information content (AvgIpc) is 2.76. The summed E-state index contributed by atoms with van der Waals surface area (Å²) < 4.78 is 5.21. The quantitative estimate of drug-likeness (QED) is 0.770. The van der Waals surface area contributed by atoms with Crippen LogP contribution in [0.1, 0.15) is 24.2 Å².